The van der Waals surface area contributed by atoms with Crippen LogP contribution in [0.25, 0.3) is 0 Å². The molecular formula is C14H20FNO2. The minimum absolute atomic E-state index is 0.131. The number of carbonyl (C=O) groups excluding carboxylic acids is 1. The quantitative estimate of drug-likeness (QED) is 0.729. The number of carbonyl (C=O) groups is 1. The molecule has 0 bridgehead atoms. The van der Waals surface area contributed by atoms with Gasteiger partial charge in [-0.15, -0.1) is 0 Å². The van der Waals surface area contributed by atoms with Gasteiger partial charge in [0.05, 0.1) is 13.0 Å². The Morgan fingerprint density at radius 1 is 1.50 bits per heavy atom. The third-order valence-corrected chi connectivity index (χ3v) is 2.90. The van der Waals surface area contributed by atoms with Crippen LogP contribution in [-0.2, 0) is 16.1 Å². The second kappa shape index (κ2) is 7.11. The zero-order valence-electron chi connectivity index (χ0n) is 11.1. The molecule has 3 nitrogen and oxygen atoms in total. The Labute approximate surface area is 108 Å². The highest BCUT2D eigenvalue weighted by molar-refractivity contribution is 5.72. The van der Waals surface area contributed by atoms with Crippen molar-refractivity contribution in [2.75, 3.05) is 20.7 Å². The Morgan fingerprint density at radius 2 is 2.22 bits per heavy atom. The molecule has 100 valence electrons. The molecule has 0 N–H and O–H groups in total. The highest BCUT2D eigenvalue weighted by Crippen LogP contribution is 2.11. The van der Waals surface area contributed by atoms with Gasteiger partial charge in [-0.25, -0.2) is 4.39 Å². The van der Waals surface area contributed by atoms with Gasteiger partial charge >= 0.3 is 5.97 Å². The van der Waals surface area contributed by atoms with Gasteiger partial charge in [0.2, 0.25) is 0 Å². The molecule has 18 heavy (non-hydrogen) atoms. The third kappa shape index (κ3) is 4.45. The summed E-state index contributed by atoms with van der Waals surface area (Å²) in [5, 5.41) is 0. The summed E-state index contributed by atoms with van der Waals surface area (Å²) in [4.78, 5) is 13.5. The molecule has 1 rings (SSSR count). The van der Waals surface area contributed by atoms with Crippen LogP contribution in [0.3, 0.4) is 0 Å². The number of ether oxygens (including phenoxy) is 1. The van der Waals surface area contributed by atoms with E-state index >= 15 is 0 Å². The molecular weight excluding hydrogens is 233 g/mol. The van der Waals surface area contributed by atoms with Crippen LogP contribution in [-0.4, -0.2) is 31.6 Å². The lowest BCUT2D eigenvalue weighted by Gasteiger charge is -2.21. The predicted octanol–water partition coefficient (Wildman–Crippen LogP) is 2.46. The smallest absolute Gasteiger partial charge is 0.309 e. The maximum atomic E-state index is 13.0. The van der Waals surface area contributed by atoms with Crippen molar-refractivity contribution in [2.45, 2.75) is 19.9 Å². The number of rotatable bonds is 6. The van der Waals surface area contributed by atoms with Crippen LogP contribution in [0.15, 0.2) is 24.3 Å². The zero-order valence-corrected chi connectivity index (χ0v) is 11.1. The second-order valence-electron chi connectivity index (χ2n) is 4.46. The fourth-order valence-electron chi connectivity index (χ4n) is 1.92. The normalized spacial score (nSPS) is 12.5. The fraction of sp³-hybridized carbons (Fsp3) is 0.500. The van der Waals surface area contributed by atoms with Crippen molar-refractivity contribution < 1.29 is 13.9 Å². The number of methoxy groups -OCH3 is 1. The predicted molar refractivity (Wildman–Crippen MR) is 68.5 cm³/mol. The molecule has 1 unspecified atom stereocenters. The largest absolute Gasteiger partial charge is 0.469 e. The summed E-state index contributed by atoms with van der Waals surface area (Å²) in [6.07, 6.45) is 0.736. The van der Waals surface area contributed by atoms with Gasteiger partial charge in [0.15, 0.2) is 0 Å². The number of nitrogens with zero attached hydrogens (tertiary/aromatic N) is 1. The highest BCUT2D eigenvalue weighted by Gasteiger charge is 2.18. The average molecular weight is 253 g/mol. The van der Waals surface area contributed by atoms with E-state index < -0.39 is 0 Å². The molecule has 1 aromatic carbocycles. The summed E-state index contributed by atoms with van der Waals surface area (Å²) < 4.78 is 17.8. The van der Waals surface area contributed by atoms with Crippen LogP contribution in [0, 0.1) is 11.7 Å². The number of hydrogen-bond acceptors (Lipinski definition) is 3. The molecule has 1 aromatic rings. The number of esters is 1. The van der Waals surface area contributed by atoms with Gasteiger partial charge in [0, 0.05) is 13.1 Å². The van der Waals surface area contributed by atoms with Crippen molar-refractivity contribution in [1.29, 1.82) is 0 Å². The van der Waals surface area contributed by atoms with E-state index in [0.29, 0.717) is 13.1 Å². The molecule has 4 heteroatoms. The van der Waals surface area contributed by atoms with E-state index in [9.17, 15) is 9.18 Å². The molecule has 0 heterocycles. The lowest BCUT2D eigenvalue weighted by molar-refractivity contribution is -0.146. The first-order chi connectivity index (χ1) is 8.56. The van der Waals surface area contributed by atoms with E-state index in [1.165, 1.54) is 19.2 Å². The van der Waals surface area contributed by atoms with Crippen molar-refractivity contribution in [3.63, 3.8) is 0 Å². The van der Waals surface area contributed by atoms with Crippen molar-refractivity contribution in [3.8, 4) is 0 Å². The fourth-order valence-corrected chi connectivity index (χ4v) is 1.92. The molecule has 0 aromatic heterocycles. The zero-order chi connectivity index (χ0) is 13.5. The van der Waals surface area contributed by atoms with Crippen molar-refractivity contribution >= 4 is 5.97 Å². The Bertz CT molecular complexity index is 395. The number of benzene rings is 1. The lowest BCUT2D eigenvalue weighted by atomic mass is 10.1. The molecule has 1 atom stereocenters. The molecule has 0 saturated carbocycles. The van der Waals surface area contributed by atoms with E-state index in [1.807, 2.05) is 24.9 Å². The Hall–Kier alpha value is -1.42. The Kier molecular flexibility index (Phi) is 5.78. The molecule has 0 aliphatic carbocycles. The van der Waals surface area contributed by atoms with E-state index in [-0.39, 0.29) is 17.7 Å². The van der Waals surface area contributed by atoms with Gasteiger partial charge < -0.3 is 9.64 Å². The highest BCUT2D eigenvalue weighted by atomic mass is 19.1. The van der Waals surface area contributed by atoms with Gasteiger partial charge in [-0.1, -0.05) is 19.1 Å². The Morgan fingerprint density at radius 3 is 2.78 bits per heavy atom. The maximum absolute atomic E-state index is 13.0. The summed E-state index contributed by atoms with van der Waals surface area (Å²) in [7, 11) is 3.31. The number of halogens is 1. The summed E-state index contributed by atoms with van der Waals surface area (Å²) in [6, 6.07) is 6.50. The topological polar surface area (TPSA) is 29.5 Å². The van der Waals surface area contributed by atoms with Crippen molar-refractivity contribution in [1.82, 2.24) is 4.90 Å². The van der Waals surface area contributed by atoms with Crippen molar-refractivity contribution in [2.24, 2.45) is 5.92 Å². The third-order valence-electron chi connectivity index (χ3n) is 2.90. The van der Waals surface area contributed by atoms with Gasteiger partial charge in [0.25, 0.3) is 0 Å². The molecule has 0 amide bonds. The monoisotopic (exact) mass is 253 g/mol. The first kappa shape index (κ1) is 14.6. The maximum Gasteiger partial charge on any atom is 0.309 e. The lowest BCUT2D eigenvalue weighted by Crippen LogP contribution is -2.30. The molecule has 0 radical (unpaired) electrons. The number of hydrogen-bond donors (Lipinski definition) is 0. The minimum Gasteiger partial charge on any atom is -0.469 e. The van der Waals surface area contributed by atoms with E-state index in [2.05, 4.69) is 0 Å². The Balaban J connectivity index is 2.55. The van der Waals surface area contributed by atoms with E-state index in [0.717, 1.165) is 12.0 Å². The summed E-state index contributed by atoms with van der Waals surface area (Å²) in [5.74, 6) is -0.557. The molecule has 0 aliphatic heterocycles. The minimum atomic E-state index is -0.235. The summed E-state index contributed by atoms with van der Waals surface area (Å²) in [6.45, 7) is 3.18. The van der Waals surface area contributed by atoms with Gasteiger partial charge in [0.1, 0.15) is 5.82 Å². The molecule has 0 spiro atoms. The molecule has 0 fully saturated rings. The summed E-state index contributed by atoms with van der Waals surface area (Å²) in [5.41, 5.74) is 0.900. The average Bonchev–Trinajstić information content (AvgIpc) is 2.35. The first-order valence-corrected chi connectivity index (χ1v) is 6.07. The van der Waals surface area contributed by atoms with Crippen LogP contribution >= 0.6 is 0 Å². The van der Waals surface area contributed by atoms with Crippen LogP contribution in [0.1, 0.15) is 18.9 Å². The molecule has 0 saturated heterocycles. The second-order valence-corrected chi connectivity index (χ2v) is 4.46. The van der Waals surface area contributed by atoms with Crippen molar-refractivity contribution in [3.05, 3.63) is 35.6 Å². The standard InChI is InChI=1S/C14H20FNO2/c1-4-12(14(17)18-3)10-16(2)9-11-6-5-7-13(15)8-11/h5-8,12H,4,9-10H2,1-3H3. The van der Waals surface area contributed by atoms with Gasteiger partial charge in [-0.2, -0.15) is 0 Å². The van der Waals surface area contributed by atoms with Crippen LogP contribution in [0.2, 0.25) is 0 Å². The first-order valence-electron chi connectivity index (χ1n) is 6.07. The van der Waals surface area contributed by atoms with Gasteiger partial charge in [-0.05, 0) is 31.2 Å². The van der Waals surface area contributed by atoms with E-state index in [1.54, 1.807) is 6.07 Å². The van der Waals surface area contributed by atoms with Crippen LogP contribution < -0.4 is 0 Å². The van der Waals surface area contributed by atoms with Crippen LogP contribution in [0.4, 0.5) is 4.39 Å². The van der Waals surface area contributed by atoms with Crippen LogP contribution in [0.5, 0.6) is 0 Å². The summed E-state index contributed by atoms with van der Waals surface area (Å²) >= 11 is 0. The van der Waals surface area contributed by atoms with Gasteiger partial charge in [-0.3, -0.25) is 4.79 Å². The SMILES string of the molecule is CCC(CN(C)Cc1cccc(F)c1)C(=O)OC. The molecule has 0 aliphatic rings. The van der Waals surface area contributed by atoms with E-state index in [4.69, 9.17) is 4.74 Å².